The van der Waals surface area contributed by atoms with Gasteiger partial charge in [0, 0.05) is 11.4 Å². The number of thiophene rings is 1. The number of benzene rings is 2. The number of ether oxygens (including phenoxy) is 2. The standard InChI is InChI=1S/C22H23NO3S/c1-25-18-9-5-16(6-10-18)15-23-22(24)21(14-20-4-3-13-27-20)17-7-11-19(26-2)12-8-17/h3-13,21H,14-15H2,1-2H3,(H,23,24). The summed E-state index contributed by atoms with van der Waals surface area (Å²) < 4.78 is 10.4. The van der Waals surface area contributed by atoms with Gasteiger partial charge in [0.1, 0.15) is 11.5 Å². The van der Waals surface area contributed by atoms with Gasteiger partial charge in [-0.15, -0.1) is 11.3 Å². The van der Waals surface area contributed by atoms with Crippen LogP contribution >= 0.6 is 11.3 Å². The number of hydrogen-bond acceptors (Lipinski definition) is 4. The van der Waals surface area contributed by atoms with Gasteiger partial charge in [-0.05, 0) is 53.3 Å². The van der Waals surface area contributed by atoms with Gasteiger partial charge in [0.05, 0.1) is 20.1 Å². The molecule has 1 N–H and O–H groups in total. The second kappa shape index (κ2) is 9.24. The fourth-order valence-electron chi connectivity index (χ4n) is 2.88. The minimum absolute atomic E-state index is 0.0179. The quantitative estimate of drug-likeness (QED) is 0.629. The van der Waals surface area contributed by atoms with Gasteiger partial charge in [-0.2, -0.15) is 0 Å². The maximum atomic E-state index is 13.0. The van der Waals surface area contributed by atoms with E-state index in [1.807, 2.05) is 60.0 Å². The molecule has 140 valence electrons. The Bertz CT molecular complexity index is 842. The van der Waals surface area contributed by atoms with Gasteiger partial charge >= 0.3 is 0 Å². The fourth-order valence-corrected chi connectivity index (χ4v) is 3.64. The molecule has 0 aliphatic rings. The van der Waals surface area contributed by atoms with Crippen LogP contribution in [0, 0.1) is 0 Å². The molecule has 1 aromatic heterocycles. The highest BCUT2D eigenvalue weighted by molar-refractivity contribution is 7.09. The van der Waals surface area contributed by atoms with Gasteiger partial charge in [-0.1, -0.05) is 30.3 Å². The summed E-state index contributed by atoms with van der Waals surface area (Å²) >= 11 is 1.67. The molecule has 1 amide bonds. The van der Waals surface area contributed by atoms with E-state index < -0.39 is 0 Å². The Morgan fingerprint density at radius 2 is 1.59 bits per heavy atom. The highest BCUT2D eigenvalue weighted by Gasteiger charge is 2.21. The first-order chi connectivity index (χ1) is 13.2. The van der Waals surface area contributed by atoms with Crippen LogP contribution < -0.4 is 14.8 Å². The summed E-state index contributed by atoms with van der Waals surface area (Å²) in [7, 11) is 3.28. The number of methoxy groups -OCH3 is 2. The number of amides is 1. The summed E-state index contributed by atoms with van der Waals surface area (Å²) in [4.78, 5) is 14.1. The van der Waals surface area contributed by atoms with Gasteiger partial charge in [-0.3, -0.25) is 4.79 Å². The Kier molecular flexibility index (Phi) is 6.49. The Morgan fingerprint density at radius 1 is 0.963 bits per heavy atom. The molecule has 2 aromatic carbocycles. The molecule has 1 unspecified atom stereocenters. The van der Waals surface area contributed by atoms with E-state index in [4.69, 9.17) is 9.47 Å². The van der Waals surface area contributed by atoms with Crippen molar-refractivity contribution in [1.29, 1.82) is 0 Å². The van der Waals surface area contributed by atoms with Gasteiger partial charge in [0.2, 0.25) is 5.91 Å². The van der Waals surface area contributed by atoms with Crippen molar-refractivity contribution in [1.82, 2.24) is 5.32 Å². The Labute approximate surface area is 163 Å². The summed E-state index contributed by atoms with van der Waals surface area (Å²) in [5.41, 5.74) is 2.02. The number of hydrogen-bond donors (Lipinski definition) is 1. The zero-order valence-electron chi connectivity index (χ0n) is 15.5. The Hall–Kier alpha value is -2.79. The zero-order valence-corrected chi connectivity index (χ0v) is 16.3. The summed E-state index contributed by atoms with van der Waals surface area (Å²) in [5.74, 6) is 1.36. The van der Waals surface area contributed by atoms with E-state index in [9.17, 15) is 4.79 Å². The zero-order chi connectivity index (χ0) is 19.1. The van der Waals surface area contributed by atoms with Crippen LogP contribution in [-0.4, -0.2) is 20.1 Å². The van der Waals surface area contributed by atoms with E-state index in [0.29, 0.717) is 13.0 Å². The molecule has 0 aliphatic heterocycles. The molecule has 0 saturated carbocycles. The minimum atomic E-state index is -0.243. The maximum absolute atomic E-state index is 13.0. The molecule has 27 heavy (non-hydrogen) atoms. The smallest absolute Gasteiger partial charge is 0.228 e. The maximum Gasteiger partial charge on any atom is 0.228 e. The third kappa shape index (κ3) is 5.11. The molecule has 5 heteroatoms. The van der Waals surface area contributed by atoms with Gasteiger partial charge in [-0.25, -0.2) is 0 Å². The van der Waals surface area contributed by atoms with Crippen molar-refractivity contribution < 1.29 is 14.3 Å². The van der Waals surface area contributed by atoms with E-state index in [2.05, 4.69) is 11.4 Å². The lowest BCUT2D eigenvalue weighted by molar-refractivity contribution is -0.122. The van der Waals surface area contributed by atoms with Gasteiger partial charge in [0.15, 0.2) is 0 Å². The predicted octanol–water partition coefficient (Wildman–Crippen LogP) is 4.41. The SMILES string of the molecule is COc1ccc(CNC(=O)C(Cc2cccs2)c2ccc(OC)cc2)cc1. The molecule has 1 atom stereocenters. The van der Waals surface area contributed by atoms with Crippen molar-refractivity contribution in [3.05, 3.63) is 82.0 Å². The van der Waals surface area contributed by atoms with E-state index in [1.54, 1.807) is 25.6 Å². The highest BCUT2D eigenvalue weighted by Crippen LogP contribution is 2.26. The predicted molar refractivity (Wildman–Crippen MR) is 109 cm³/mol. The first kappa shape index (κ1) is 19.0. The third-order valence-electron chi connectivity index (χ3n) is 4.45. The van der Waals surface area contributed by atoms with Crippen LogP contribution in [0.4, 0.5) is 0 Å². The van der Waals surface area contributed by atoms with Crippen molar-refractivity contribution in [2.75, 3.05) is 14.2 Å². The lowest BCUT2D eigenvalue weighted by Crippen LogP contribution is -2.30. The average molecular weight is 381 g/mol. The molecule has 0 radical (unpaired) electrons. The van der Waals surface area contributed by atoms with E-state index in [0.717, 1.165) is 22.6 Å². The number of rotatable bonds is 8. The van der Waals surface area contributed by atoms with E-state index in [1.165, 1.54) is 4.88 Å². The van der Waals surface area contributed by atoms with Crippen molar-refractivity contribution in [2.45, 2.75) is 18.9 Å². The Balaban J connectivity index is 1.72. The average Bonchev–Trinajstić information content (AvgIpc) is 3.24. The number of nitrogens with one attached hydrogen (secondary N) is 1. The van der Waals surface area contributed by atoms with E-state index >= 15 is 0 Å². The lowest BCUT2D eigenvalue weighted by atomic mass is 9.94. The van der Waals surface area contributed by atoms with Crippen LogP contribution in [0.15, 0.2) is 66.0 Å². The molecule has 3 aromatic rings. The van der Waals surface area contributed by atoms with Gasteiger partial charge < -0.3 is 14.8 Å². The molecule has 0 fully saturated rings. The second-order valence-corrected chi connectivity index (χ2v) is 7.21. The highest BCUT2D eigenvalue weighted by atomic mass is 32.1. The molecule has 0 spiro atoms. The molecular formula is C22H23NO3S. The summed E-state index contributed by atoms with van der Waals surface area (Å²) in [6, 6.07) is 19.5. The van der Waals surface area contributed by atoms with Crippen LogP contribution in [0.5, 0.6) is 11.5 Å². The molecule has 0 aliphatic carbocycles. The first-order valence-electron chi connectivity index (χ1n) is 8.76. The molecular weight excluding hydrogens is 358 g/mol. The molecule has 1 heterocycles. The van der Waals surface area contributed by atoms with Crippen LogP contribution in [-0.2, 0) is 17.8 Å². The minimum Gasteiger partial charge on any atom is -0.497 e. The topological polar surface area (TPSA) is 47.6 Å². The monoisotopic (exact) mass is 381 g/mol. The van der Waals surface area contributed by atoms with Crippen molar-refractivity contribution >= 4 is 17.2 Å². The van der Waals surface area contributed by atoms with Crippen LogP contribution in [0.1, 0.15) is 21.9 Å². The first-order valence-corrected chi connectivity index (χ1v) is 9.64. The second-order valence-electron chi connectivity index (χ2n) is 6.18. The van der Waals surface area contributed by atoms with Gasteiger partial charge in [0.25, 0.3) is 0 Å². The van der Waals surface area contributed by atoms with Crippen LogP contribution in [0.3, 0.4) is 0 Å². The summed E-state index contributed by atoms with van der Waals surface area (Å²) in [5, 5.41) is 5.11. The van der Waals surface area contributed by atoms with Crippen LogP contribution in [0.25, 0.3) is 0 Å². The number of carbonyl (C=O) groups is 1. The normalized spacial score (nSPS) is 11.6. The molecule has 0 saturated heterocycles. The van der Waals surface area contributed by atoms with Crippen molar-refractivity contribution in [3.8, 4) is 11.5 Å². The largest absolute Gasteiger partial charge is 0.497 e. The molecule has 3 rings (SSSR count). The summed E-state index contributed by atoms with van der Waals surface area (Å²) in [6.07, 6.45) is 0.679. The number of carbonyl (C=O) groups excluding carboxylic acids is 1. The Morgan fingerprint density at radius 3 is 2.15 bits per heavy atom. The van der Waals surface area contributed by atoms with Crippen molar-refractivity contribution in [3.63, 3.8) is 0 Å². The molecule has 4 nitrogen and oxygen atoms in total. The van der Waals surface area contributed by atoms with E-state index in [-0.39, 0.29) is 11.8 Å². The van der Waals surface area contributed by atoms with Crippen molar-refractivity contribution in [2.24, 2.45) is 0 Å². The summed E-state index contributed by atoms with van der Waals surface area (Å²) in [6.45, 7) is 0.486. The lowest BCUT2D eigenvalue weighted by Gasteiger charge is -2.17. The third-order valence-corrected chi connectivity index (χ3v) is 5.34. The molecule has 0 bridgehead atoms. The fraction of sp³-hybridized carbons (Fsp3) is 0.227. The van der Waals surface area contributed by atoms with Crippen LogP contribution in [0.2, 0.25) is 0 Å².